The number of halogens is 3. The van der Waals surface area contributed by atoms with Gasteiger partial charge in [0.15, 0.2) is 0 Å². The van der Waals surface area contributed by atoms with Gasteiger partial charge in [0.05, 0.1) is 12.2 Å². The summed E-state index contributed by atoms with van der Waals surface area (Å²) < 4.78 is 41.4. The molecule has 1 unspecified atom stereocenters. The maximum absolute atomic E-state index is 12.2. The van der Waals surface area contributed by atoms with Gasteiger partial charge in [-0.15, -0.1) is 0 Å². The molecule has 3 nitrogen and oxygen atoms in total. The highest BCUT2D eigenvalue weighted by Crippen LogP contribution is 2.32. The maximum Gasteiger partial charge on any atom is 0.417 e. The van der Waals surface area contributed by atoms with Gasteiger partial charge in [-0.25, -0.2) is 0 Å². The van der Waals surface area contributed by atoms with E-state index < -0.39 is 23.4 Å². The van der Waals surface area contributed by atoms with Crippen molar-refractivity contribution < 1.29 is 17.9 Å². The first-order chi connectivity index (χ1) is 6.48. The van der Waals surface area contributed by atoms with Crippen LogP contribution in [0.15, 0.2) is 17.1 Å². The monoisotopic (exact) mass is 205 g/mol. The smallest absolute Gasteiger partial charge is 0.368 e. The van der Waals surface area contributed by atoms with Crippen LogP contribution in [0.3, 0.4) is 0 Å². The second kappa shape index (κ2) is 2.84. The fourth-order valence-electron chi connectivity index (χ4n) is 1.13. The molecule has 2 heterocycles. The maximum atomic E-state index is 12.2. The zero-order valence-corrected chi connectivity index (χ0v) is 6.89. The number of epoxide rings is 1. The number of pyridine rings is 1. The zero-order chi connectivity index (χ0) is 10.3. The molecule has 6 heteroatoms. The van der Waals surface area contributed by atoms with Gasteiger partial charge in [0, 0.05) is 11.8 Å². The van der Waals surface area contributed by atoms with E-state index in [4.69, 9.17) is 4.74 Å². The second-order valence-corrected chi connectivity index (χ2v) is 2.99. The van der Waals surface area contributed by atoms with Crippen LogP contribution in [0.2, 0.25) is 0 Å². The lowest BCUT2D eigenvalue weighted by molar-refractivity contribution is -0.137. The summed E-state index contributed by atoms with van der Waals surface area (Å²) in [6.07, 6.45) is -4.25. The summed E-state index contributed by atoms with van der Waals surface area (Å²) in [5, 5.41) is 0. The Labute approximate surface area is 76.5 Å². The topological polar surface area (TPSA) is 45.4 Å². The third kappa shape index (κ3) is 1.65. The molecule has 0 aromatic carbocycles. The molecule has 1 N–H and O–H groups in total. The van der Waals surface area contributed by atoms with Crippen LogP contribution in [0.25, 0.3) is 0 Å². The van der Waals surface area contributed by atoms with Gasteiger partial charge in [-0.2, -0.15) is 13.2 Å². The Hall–Kier alpha value is -1.30. The molecule has 1 saturated heterocycles. The van der Waals surface area contributed by atoms with Crippen LogP contribution in [0, 0.1) is 0 Å². The minimum absolute atomic E-state index is 0.0415. The number of aromatic amines is 1. The minimum Gasteiger partial charge on any atom is -0.368 e. The molecular formula is C8H6F3NO2. The predicted molar refractivity (Wildman–Crippen MR) is 40.8 cm³/mol. The quantitative estimate of drug-likeness (QED) is 0.705. The van der Waals surface area contributed by atoms with E-state index in [1.54, 1.807) is 0 Å². The minimum atomic E-state index is -4.44. The van der Waals surface area contributed by atoms with E-state index >= 15 is 0 Å². The van der Waals surface area contributed by atoms with Crippen LogP contribution in [0.4, 0.5) is 13.2 Å². The van der Waals surface area contributed by atoms with Crippen LogP contribution in [-0.4, -0.2) is 11.6 Å². The molecule has 0 radical (unpaired) electrons. The average molecular weight is 205 g/mol. The number of rotatable bonds is 1. The largest absolute Gasteiger partial charge is 0.417 e. The molecule has 1 fully saturated rings. The molecule has 1 aromatic heterocycles. The summed E-state index contributed by atoms with van der Waals surface area (Å²) in [4.78, 5) is 13.1. The van der Waals surface area contributed by atoms with Crippen molar-refractivity contribution in [3.63, 3.8) is 0 Å². The first-order valence-electron chi connectivity index (χ1n) is 3.90. The van der Waals surface area contributed by atoms with Crippen LogP contribution in [-0.2, 0) is 10.9 Å². The Bertz CT molecular complexity index is 406. The van der Waals surface area contributed by atoms with Gasteiger partial charge >= 0.3 is 6.18 Å². The normalized spacial score (nSPS) is 20.9. The fraction of sp³-hybridized carbons (Fsp3) is 0.375. The van der Waals surface area contributed by atoms with E-state index in [-0.39, 0.29) is 5.56 Å². The summed E-state index contributed by atoms with van der Waals surface area (Å²) in [5.74, 6) is 0. The third-order valence-electron chi connectivity index (χ3n) is 1.94. The number of ether oxygens (including phenoxy) is 1. The number of aromatic nitrogens is 1. The van der Waals surface area contributed by atoms with Crippen LogP contribution < -0.4 is 5.56 Å². The lowest BCUT2D eigenvalue weighted by Gasteiger charge is -2.06. The number of hydrogen-bond acceptors (Lipinski definition) is 2. The molecule has 1 atom stereocenters. The number of H-pyrrole nitrogens is 1. The van der Waals surface area contributed by atoms with Crippen LogP contribution in [0.1, 0.15) is 17.2 Å². The first kappa shape index (κ1) is 9.26. The fourth-order valence-corrected chi connectivity index (χ4v) is 1.13. The Morgan fingerprint density at radius 2 is 2.14 bits per heavy atom. The Morgan fingerprint density at radius 3 is 2.64 bits per heavy atom. The summed E-state index contributed by atoms with van der Waals surface area (Å²) in [7, 11) is 0. The van der Waals surface area contributed by atoms with Crippen molar-refractivity contribution in [2.24, 2.45) is 0 Å². The molecule has 76 valence electrons. The average Bonchev–Trinajstić information content (AvgIpc) is 2.85. The summed E-state index contributed by atoms with van der Waals surface area (Å²) >= 11 is 0. The van der Waals surface area contributed by atoms with Gasteiger partial charge in [0.1, 0.15) is 6.10 Å². The third-order valence-corrected chi connectivity index (χ3v) is 1.94. The molecule has 0 amide bonds. The number of nitrogens with one attached hydrogen (secondary N) is 1. The molecule has 1 aliphatic rings. The highest BCUT2D eigenvalue weighted by Gasteiger charge is 2.34. The summed E-state index contributed by atoms with van der Waals surface area (Å²) in [6, 6.07) is 0.830. The Kier molecular flexibility index (Phi) is 1.88. The van der Waals surface area contributed by atoms with E-state index in [1.165, 1.54) is 0 Å². The highest BCUT2D eigenvalue weighted by atomic mass is 19.4. The highest BCUT2D eigenvalue weighted by molar-refractivity contribution is 5.24. The molecule has 2 rings (SSSR count). The van der Waals surface area contributed by atoms with Crippen LogP contribution in [0.5, 0.6) is 0 Å². The standard InChI is InChI=1S/C8H6F3NO2/c9-8(10,11)4-1-5(6-3-14-6)7(13)12-2-4/h1-2,6H,3H2,(H,12,13). The van der Waals surface area contributed by atoms with Crippen molar-refractivity contribution in [1.82, 2.24) is 4.98 Å². The van der Waals surface area contributed by atoms with Gasteiger partial charge in [0.25, 0.3) is 5.56 Å². The van der Waals surface area contributed by atoms with Gasteiger partial charge in [-0.3, -0.25) is 4.79 Å². The molecule has 0 saturated carbocycles. The van der Waals surface area contributed by atoms with Gasteiger partial charge < -0.3 is 9.72 Å². The first-order valence-corrected chi connectivity index (χ1v) is 3.90. The zero-order valence-electron chi connectivity index (χ0n) is 6.89. The van der Waals surface area contributed by atoms with Crippen molar-refractivity contribution in [2.45, 2.75) is 12.3 Å². The molecule has 0 spiro atoms. The number of hydrogen-bond donors (Lipinski definition) is 1. The van der Waals surface area contributed by atoms with E-state index in [1.807, 2.05) is 4.98 Å². The molecule has 0 aliphatic carbocycles. The summed E-state index contributed by atoms with van der Waals surface area (Å²) in [5.41, 5.74) is -1.34. The van der Waals surface area contributed by atoms with E-state index in [0.29, 0.717) is 12.8 Å². The van der Waals surface area contributed by atoms with Gasteiger partial charge in [-0.1, -0.05) is 0 Å². The molecule has 1 aromatic rings. The van der Waals surface area contributed by atoms with E-state index in [0.717, 1.165) is 6.07 Å². The lowest BCUT2D eigenvalue weighted by atomic mass is 10.1. The predicted octanol–water partition coefficient (Wildman–Crippen LogP) is 1.47. The lowest BCUT2D eigenvalue weighted by Crippen LogP contribution is -2.16. The van der Waals surface area contributed by atoms with E-state index in [9.17, 15) is 18.0 Å². The van der Waals surface area contributed by atoms with E-state index in [2.05, 4.69) is 0 Å². The molecule has 0 bridgehead atoms. The Balaban J connectivity index is 2.45. The van der Waals surface area contributed by atoms with Gasteiger partial charge in [-0.05, 0) is 6.07 Å². The van der Waals surface area contributed by atoms with Crippen molar-refractivity contribution in [1.29, 1.82) is 0 Å². The van der Waals surface area contributed by atoms with Crippen molar-refractivity contribution >= 4 is 0 Å². The van der Waals surface area contributed by atoms with Gasteiger partial charge in [0.2, 0.25) is 0 Å². The summed E-state index contributed by atoms with van der Waals surface area (Å²) in [6.45, 7) is 0.310. The SMILES string of the molecule is O=c1[nH]cc(C(F)(F)F)cc1C1CO1. The second-order valence-electron chi connectivity index (χ2n) is 2.99. The molecule has 14 heavy (non-hydrogen) atoms. The van der Waals surface area contributed by atoms with Crippen molar-refractivity contribution in [2.75, 3.05) is 6.61 Å². The Morgan fingerprint density at radius 1 is 1.50 bits per heavy atom. The number of alkyl halides is 3. The van der Waals surface area contributed by atoms with Crippen LogP contribution >= 0.6 is 0 Å². The molecule has 1 aliphatic heterocycles. The van der Waals surface area contributed by atoms with Crippen molar-refractivity contribution in [3.05, 3.63) is 33.7 Å². The molecular weight excluding hydrogens is 199 g/mol. The van der Waals surface area contributed by atoms with Crippen molar-refractivity contribution in [3.8, 4) is 0 Å².